The first-order valence-electron chi connectivity index (χ1n) is 7.29. The zero-order valence-electron chi connectivity index (χ0n) is 11.3. The summed E-state index contributed by atoms with van der Waals surface area (Å²) in [7, 11) is 0. The van der Waals surface area contributed by atoms with Gasteiger partial charge in [0, 0.05) is 19.1 Å². The molecular formula is C14H21ClN4. The third kappa shape index (κ3) is 3.18. The summed E-state index contributed by atoms with van der Waals surface area (Å²) in [6.45, 7) is 4.66. The third-order valence-electron chi connectivity index (χ3n) is 4.22. The van der Waals surface area contributed by atoms with Gasteiger partial charge in [0.2, 0.25) is 0 Å². The smallest absolute Gasteiger partial charge is 0.149 e. The molecule has 1 atom stereocenters. The van der Waals surface area contributed by atoms with Gasteiger partial charge < -0.3 is 4.90 Å². The van der Waals surface area contributed by atoms with Crippen molar-refractivity contribution in [3.63, 3.8) is 0 Å². The minimum absolute atomic E-state index is 0.486. The zero-order chi connectivity index (χ0) is 13.1. The van der Waals surface area contributed by atoms with Crippen LogP contribution in [-0.2, 0) is 0 Å². The van der Waals surface area contributed by atoms with Crippen LogP contribution in [0.3, 0.4) is 0 Å². The van der Waals surface area contributed by atoms with Gasteiger partial charge >= 0.3 is 0 Å². The first-order valence-corrected chi connectivity index (χ1v) is 7.67. The van der Waals surface area contributed by atoms with Crippen molar-refractivity contribution in [3.05, 3.63) is 17.5 Å². The van der Waals surface area contributed by atoms with E-state index in [-0.39, 0.29) is 0 Å². The van der Waals surface area contributed by atoms with Crippen LogP contribution in [0, 0.1) is 0 Å². The lowest BCUT2D eigenvalue weighted by Crippen LogP contribution is -2.41. The lowest BCUT2D eigenvalue weighted by molar-refractivity contribution is 0.236. The zero-order valence-corrected chi connectivity index (χ0v) is 12.0. The maximum absolute atomic E-state index is 5.96. The second kappa shape index (κ2) is 6.06. The molecule has 3 heterocycles. The average molecular weight is 281 g/mol. The second-order valence-electron chi connectivity index (χ2n) is 5.54. The molecule has 1 aromatic rings. The molecule has 5 heteroatoms. The summed E-state index contributed by atoms with van der Waals surface area (Å²) < 4.78 is 0. The van der Waals surface area contributed by atoms with E-state index in [2.05, 4.69) is 19.8 Å². The van der Waals surface area contributed by atoms with E-state index >= 15 is 0 Å². The molecule has 0 aliphatic carbocycles. The molecule has 0 saturated carbocycles. The molecule has 0 aromatic carbocycles. The van der Waals surface area contributed by atoms with Crippen molar-refractivity contribution in [3.8, 4) is 0 Å². The van der Waals surface area contributed by atoms with Crippen molar-refractivity contribution < 1.29 is 0 Å². The van der Waals surface area contributed by atoms with Gasteiger partial charge in [-0.05, 0) is 38.8 Å². The molecule has 0 unspecified atom stereocenters. The Labute approximate surface area is 119 Å². The summed E-state index contributed by atoms with van der Waals surface area (Å²) in [4.78, 5) is 13.6. The number of anilines is 1. The summed E-state index contributed by atoms with van der Waals surface area (Å²) in [5.74, 6) is 0.929. The molecule has 2 saturated heterocycles. The van der Waals surface area contributed by atoms with E-state index in [1.165, 1.54) is 45.2 Å². The minimum atomic E-state index is 0.486. The minimum Gasteiger partial charge on any atom is -0.354 e. The number of nitrogens with zero attached hydrogens (tertiary/aromatic N) is 4. The summed E-state index contributed by atoms with van der Waals surface area (Å²) in [5.41, 5.74) is 0. The fourth-order valence-electron chi connectivity index (χ4n) is 3.22. The SMILES string of the molecule is Clc1cncc(N2CCCC[C@H](N3CCCC3)C2)n1. The first-order chi connectivity index (χ1) is 9.33. The van der Waals surface area contributed by atoms with E-state index in [0.717, 1.165) is 18.9 Å². The van der Waals surface area contributed by atoms with Gasteiger partial charge in [-0.2, -0.15) is 0 Å². The van der Waals surface area contributed by atoms with Gasteiger partial charge in [0.15, 0.2) is 0 Å². The molecule has 0 amide bonds. The maximum atomic E-state index is 5.96. The molecular weight excluding hydrogens is 260 g/mol. The van der Waals surface area contributed by atoms with E-state index in [1.807, 2.05) is 6.20 Å². The van der Waals surface area contributed by atoms with Crippen molar-refractivity contribution in [1.29, 1.82) is 0 Å². The molecule has 2 fully saturated rings. The highest BCUT2D eigenvalue weighted by Crippen LogP contribution is 2.23. The van der Waals surface area contributed by atoms with E-state index in [1.54, 1.807) is 6.20 Å². The number of aromatic nitrogens is 2. The van der Waals surface area contributed by atoms with Gasteiger partial charge in [-0.25, -0.2) is 4.98 Å². The van der Waals surface area contributed by atoms with E-state index in [0.29, 0.717) is 11.2 Å². The predicted molar refractivity (Wildman–Crippen MR) is 77.7 cm³/mol. The van der Waals surface area contributed by atoms with Crippen molar-refractivity contribution >= 4 is 17.4 Å². The number of hydrogen-bond donors (Lipinski definition) is 0. The number of hydrogen-bond acceptors (Lipinski definition) is 4. The molecule has 0 spiro atoms. The Balaban J connectivity index is 1.73. The quantitative estimate of drug-likeness (QED) is 0.834. The second-order valence-corrected chi connectivity index (χ2v) is 5.93. The summed E-state index contributed by atoms with van der Waals surface area (Å²) in [6, 6.07) is 0.672. The van der Waals surface area contributed by atoms with Gasteiger partial charge in [-0.3, -0.25) is 9.88 Å². The summed E-state index contributed by atoms with van der Waals surface area (Å²) in [5, 5.41) is 0.486. The predicted octanol–water partition coefficient (Wildman–Crippen LogP) is 2.58. The molecule has 4 nitrogen and oxygen atoms in total. The van der Waals surface area contributed by atoms with E-state index in [9.17, 15) is 0 Å². The van der Waals surface area contributed by atoms with Crippen LogP contribution in [0.1, 0.15) is 32.1 Å². The first kappa shape index (κ1) is 13.1. The van der Waals surface area contributed by atoms with Crippen LogP contribution in [0.25, 0.3) is 0 Å². The van der Waals surface area contributed by atoms with Crippen LogP contribution >= 0.6 is 11.6 Å². The van der Waals surface area contributed by atoms with Crippen molar-refractivity contribution in [2.24, 2.45) is 0 Å². The van der Waals surface area contributed by atoms with Gasteiger partial charge in [0.1, 0.15) is 11.0 Å². The average Bonchev–Trinajstić information content (AvgIpc) is 2.83. The van der Waals surface area contributed by atoms with Gasteiger partial charge in [-0.15, -0.1) is 0 Å². The normalized spacial score (nSPS) is 25.5. The molecule has 19 heavy (non-hydrogen) atoms. The Kier molecular flexibility index (Phi) is 4.18. The Hall–Kier alpha value is -0.870. The van der Waals surface area contributed by atoms with Crippen LogP contribution in [-0.4, -0.2) is 47.1 Å². The fraction of sp³-hybridized carbons (Fsp3) is 0.714. The van der Waals surface area contributed by atoms with E-state index < -0.39 is 0 Å². The monoisotopic (exact) mass is 280 g/mol. The standard InChI is InChI=1S/C14H21ClN4/c15-13-9-16-10-14(17-13)19-8-2-1-5-12(11-19)18-6-3-4-7-18/h9-10,12H,1-8,11H2/t12-/m0/s1. The van der Waals surface area contributed by atoms with E-state index in [4.69, 9.17) is 11.6 Å². The molecule has 2 aliphatic rings. The number of rotatable bonds is 2. The summed E-state index contributed by atoms with van der Waals surface area (Å²) >= 11 is 5.96. The lowest BCUT2D eigenvalue weighted by Gasteiger charge is -2.31. The molecule has 0 bridgehead atoms. The Morgan fingerprint density at radius 3 is 2.63 bits per heavy atom. The van der Waals surface area contributed by atoms with Crippen LogP contribution in [0.2, 0.25) is 5.15 Å². The molecule has 3 rings (SSSR count). The Morgan fingerprint density at radius 1 is 1.05 bits per heavy atom. The largest absolute Gasteiger partial charge is 0.354 e. The molecule has 0 radical (unpaired) electrons. The van der Waals surface area contributed by atoms with Gasteiger partial charge in [0.05, 0.1) is 12.4 Å². The van der Waals surface area contributed by atoms with Crippen LogP contribution < -0.4 is 4.90 Å². The highest BCUT2D eigenvalue weighted by Gasteiger charge is 2.26. The lowest BCUT2D eigenvalue weighted by atomic mass is 10.1. The Morgan fingerprint density at radius 2 is 1.84 bits per heavy atom. The summed E-state index contributed by atoms with van der Waals surface area (Å²) in [6.07, 6.45) is 9.99. The Bertz CT molecular complexity index is 420. The highest BCUT2D eigenvalue weighted by molar-refractivity contribution is 6.29. The maximum Gasteiger partial charge on any atom is 0.149 e. The van der Waals surface area contributed by atoms with Gasteiger partial charge in [-0.1, -0.05) is 18.0 Å². The van der Waals surface area contributed by atoms with Crippen molar-refractivity contribution in [2.75, 3.05) is 31.1 Å². The van der Waals surface area contributed by atoms with Crippen LogP contribution in [0.5, 0.6) is 0 Å². The van der Waals surface area contributed by atoms with Crippen molar-refractivity contribution in [1.82, 2.24) is 14.9 Å². The topological polar surface area (TPSA) is 32.3 Å². The highest BCUT2D eigenvalue weighted by atomic mass is 35.5. The van der Waals surface area contributed by atoms with Crippen LogP contribution in [0.4, 0.5) is 5.82 Å². The molecule has 2 aliphatic heterocycles. The third-order valence-corrected chi connectivity index (χ3v) is 4.40. The fourth-order valence-corrected chi connectivity index (χ4v) is 3.36. The van der Waals surface area contributed by atoms with Crippen molar-refractivity contribution in [2.45, 2.75) is 38.1 Å². The van der Waals surface area contributed by atoms with Crippen LogP contribution in [0.15, 0.2) is 12.4 Å². The number of halogens is 1. The van der Waals surface area contributed by atoms with Gasteiger partial charge in [0.25, 0.3) is 0 Å². The molecule has 1 aromatic heterocycles. The molecule has 0 N–H and O–H groups in total. The molecule has 104 valence electrons. The number of likely N-dealkylation sites (tertiary alicyclic amines) is 1.